The Kier molecular flexibility index (Phi) is 6.13. The molecule has 25 heavy (non-hydrogen) atoms. The summed E-state index contributed by atoms with van der Waals surface area (Å²) in [5.41, 5.74) is 0.696. The highest BCUT2D eigenvalue weighted by Gasteiger charge is 2.45. The first kappa shape index (κ1) is 20.2. The van der Waals surface area contributed by atoms with Gasteiger partial charge in [-0.1, -0.05) is 0 Å². The van der Waals surface area contributed by atoms with Crippen molar-refractivity contribution in [1.29, 1.82) is 0 Å². The Morgan fingerprint density at radius 2 is 1.96 bits per heavy atom. The van der Waals surface area contributed by atoms with Crippen LogP contribution in [0.15, 0.2) is 23.1 Å². The van der Waals surface area contributed by atoms with Crippen molar-refractivity contribution in [2.75, 3.05) is 45.8 Å². The predicted molar refractivity (Wildman–Crippen MR) is 97.7 cm³/mol. The summed E-state index contributed by atoms with van der Waals surface area (Å²) in [6.07, 6.45) is 0. The van der Waals surface area contributed by atoms with E-state index in [1.807, 2.05) is 19.0 Å². The maximum absolute atomic E-state index is 13.0. The van der Waals surface area contributed by atoms with E-state index in [0.717, 1.165) is 0 Å². The van der Waals surface area contributed by atoms with E-state index >= 15 is 0 Å². The van der Waals surface area contributed by atoms with Crippen molar-refractivity contribution in [2.24, 2.45) is 0 Å². The summed E-state index contributed by atoms with van der Waals surface area (Å²) >= 11 is 0. The van der Waals surface area contributed by atoms with Crippen molar-refractivity contribution in [3.63, 3.8) is 0 Å². The molecule has 1 aliphatic heterocycles. The van der Waals surface area contributed by atoms with E-state index in [9.17, 15) is 16.8 Å². The minimum Gasteiger partial charge on any atom is -0.496 e. The average molecular weight is 391 g/mol. The molecule has 1 aromatic carbocycles. The fourth-order valence-electron chi connectivity index (χ4n) is 2.99. The summed E-state index contributed by atoms with van der Waals surface area (Å²) in [6, 6.07) is 4.01. The van der Waals surface area contributed by atoms with Crippen molar-refractivity contribution < 1.29 is 21.6 Å². The van der Waals surface area contributed by atoms with Crippen molar-refractivity contribution in [3.8, 4) is 5.75 Å². The van der Waals surface area contributed by atoms with Gasteiger partial charge in [0.1, 0.15) is 5.75 Å². The number of aryl methyl sites for hydroxylation is 1. The second-order valence-corrected chi connectivity index (χ2v) is 11.0. The van der Waals surface area contributed by atoms with Crippen LogP contribution in [0.25, 0.3) is 0 Å². The standard InChI is InChI=1S/C16H26N2O5S2/c1-12-9-13(5-6-15(12)23-4)25(21,22)16-11-24(19,20)10-14(16)17-7-8-18(2)3/h5-6,9,14,16-17H,7-8,10-11H2,1-4H3. The monoisotopic (exact) mass is 390 g/mol. The van der Waals surface area contributed by atoms with E-state index in [1.54, 1.807) is 13.0 Å². The maximum Gasteiger partial charge on any atom is 0.183 e. The lowest BCUT2D eigenvalue weighted by atomic mass is 10.2. The number of sulfone groups is 2. The van der Waals surface area contributed by atoms with Crippen molar-refractivity contribution in [1.82, 2.24) is 10.2 Å². The van der Waals surface area contributed by atoms with Gasteiger partial charge in [0.05, 0.1) is 28.8 Å². The molecule has 7 nitrogen and oxygen atoms in total. The summed E-state index contributed by atoms with van der Waals surface area (Å²) in [5.74, 6) is 0.0955. The van der Waals surface area contributed by atoms with Gasteiger partial charge < -0.3 is 15.0 Å². The zero-order valence-electron chi connectivity index (χ0n) is 15.0. The summed E-state index contributed by atoms with van der Waals surface area (Å²) in [7, 11) is -1.83. The Balaban J connectivity index is 2.29. The molecular formula is C16H26N2O5S2. The van der Waals surface area contributed by atoms with Gasteiger partial charge in [0.25, 0.3) is 0 Å². The van der Waals surface area contributed by atoms with Gasteiger partial charge in [-0.3, -0.25) is 0 Å². The highest BCUT2D eigenvalue weighted by molar-refractivity contribution is 7.96. The number of hydrogen-bond acceptors (Lipinski definition) is 7. The lowest BCUT2D eigenvalue weighted by molar-refractivity contribution is 0.388. The molecule has 0 amide bonds. The Hall–Kier alpha value is -1.16. The normalized spacial score (nSPS) is 23.1. The molecule has 142 valence electrons. The molecule has 0 aromatic heterocycles. The number of likely N-dealkylation sites (N-methyl/N-ethyl adjacent to an activating group) is 1. The summed E-state index contributed by atoms with van der Waals surface area (Å²) < 4.78 is 55.3. The molecule has 0 aliphatic carbocycles. The SMILES string of the molecule is COc1ccc(S(=O)(=O)C2CS(=O)(=O)CC2NCCN(C)C)cc1C. The molecular weight excluding hydrogens is 364 g/mol. The Morgan fingerprint density at radius 1 is 1.28 bits per heavy atom. The first-order chi connectivity index (χ1) is 11.6. The largest absolute Gasteiger partial charge is 0.496 e. The average Bonchev–Trinajstić information content (AvgIpc) is 2.82. The van der Waals surface area contributed by atoms with Crippen LogP contribution in [0.4, 0.5) is 0 Å². The molecule has 1 aliphatic rings. The van der Waals surface area contributed by atoms with Crippen LogP contribution in [0.3, 0.4) is 0 Å². The van der Waals surface area contributed by atoms with Crippen LogP contribution < -0.4 is 10.1 Å². The van der Waals surface area contributed by atoms with Crippen molar-refractivity contribution in [3.05, 3.63) is 23.8 Å². The van der Waals surface area contributed by atoms with Gasteiger partial charge >= 0.3 is 0 Å². The smallest absolute Gasteiger partial charge is 0.183 e. The predicted octanol–water partition coefficient (Wildman–Crippen LogP) is 0.0941. The van der Waals surface area contributed by atoms with Gasteiger partial charge in [0, 0.05) is 19.1 Å². The van der Waals surface area contributed by atoms with Gasteiger partial charge in [0.15, 0.2) is 19.7 Å². The van der Waals surface area contributed by atoms with E-state index < -0.39 is 31.0 Å². The molecule has 2 atom stereocenters. The van der Waals surface area contributed by atoms with Gasteiger partial charge in [-0.25, -0.2) is 16.8 Å². The van der Waals surface area contributed by atoms with Crippen LogP contribution in [0.1, 0.15) is 5.56 Å². The minimum atomic E-state index is -3.77. The third-order valence-electron chi connectivity index (χ3n) is 4.36. The molecule has 0 spiro atoms. The fraction of sp³-hybridized carbons (Fsp3) is 0.625. The number of ether oxygens (including phenoxy) is 1. The Morgan fingerprint density at radius 3 is 2.52 bits per heavy atom. The number of nitrogens with zero attached hydrogens (tertiary/aromatic N) is 1. The second kappa shape index (κ2) is 7.61. The third kappa shape index (κ3) is 4.72. The molecule has 0 bridgehead atoms. The number of methoxy groups -OCH3 is 1. The molecule has 1 fully saturated rings. The zero-order chi connectivity index (χ0) is 18.8. The lowest BCUT2D eigenvalue weighted by Gasteiger charge is -2.21. The number of benzene rings is 1. The number of hydrogen-bond donors (Lipinski definition) is 1. The van der Waals surface area contributed by atoms with Crippen LogP contribution in [0.5, 0.6) is 5.75 Å². The highest BCUT2D eigenvalue weighted by atomic mass is 32.2. The van der Waals surface area contributed by atoms with Crippen molar-refractivity contribution >= 4 is 19.7 Å². The molecule has 0 saturated carbocycles. The van der Waals surface area contributed by atoms with Crippen LogP contribution >= 0.6 is 0 Å². The highest BCUT2D eigenvalue weighted by Crippen LogP contribution is 2.29. The molecule has 0 radical (unpaired) electrons. The Labute approximate surface area is 150 Å². The van der Waals surface area contributed by atoms with Crippen LogP contribution in [-0.2, 0) is 19.7 Å². The van der Waals surface area contributed by atoms with E-state index in [4.69, 9.17) is 4.74 Å². The molecule has 1 heterocycles. The first-order valence-corrected chi connectivity index (χ1v) is 11.4. The van der Waals surface area contributed by atoms with Gasteiger partial charge in [0.2, 0.25) is 0 Å². The van der Waals surface area contributed by atoms with Gasteiger partial charge in [-0.2, -0.15) is 0 Å². The molecule has 1 N–H and O–H groups in total. The van der Waals surface area contributed by atoms with E-state index in [0.29, 0.717) is 24.4 Å². The molecule has 1 aromatic rings. The third-order valence-corrected chi connectivity index (χ3v) is 8.51. The van der Waals surface area contributed by atoms with E-state index in [2.05, 4.69) is 5.32 Å². The van der Waals surface area contributed by atoms with Crippen molar-refractivity contribution in [2.45, 2.75) is 23.1 Å². The van der Waals surface area contributed by atoms with Crippen LogP contribution in [-0.4, -0.2) is 78.8 Å². The topological polar surface area (TPSA) is 92.8 Å². The fourth-order valence-corrected chi connectivity index (χ4v) is 7.79. The summed E-state index contributed by atoms with van der Waals surface area (Å²) in [5, 5.41) is 2.13. The molecule has 9 heteroatoms. The van der Waals surface area contributed by atoms with Crippen LogP contribution in [0, 0.1) is 6.92 Å². The number of nitrogens with one attached hydrogen (secondary N) is 1. The molecule has 2 rings (SSSR count). The van der Waals surface area contributed by atoms with E-state index in [1.165, 1.54) is 19.2 Å². The maximum atomic E-state index is 13.0. The summed E-state index contributed by atoms with van der Waals surface area (Å²) in [6.45, 7) is 2.99. The molecule has 2 unspecified atom stereocenters. The quantitative estimate of drug-likeness (QED) is 0.705. The minimum absolute atomic E-state index is 0.132. The first-order valence-electron chi connectivity index (χ1n) is 8.04. The van der Waals surface area contributed by atoms with Crippen LogP contribution in [0.2, 0.25) is 0 Å². The molecule has 1 saturated heterocycles. The lowest BCUT2D eigenvalue weighted by Crippen LogP contribution is -2.45. The van der Waals surface area contributed by atoms with E-state index in [-0.39, 0.29) is 16.4 Å². The van der Waals surface area contributed by atoms with Gasteiger partial charge in [-0.15, -0.1) is 0 Å². The van der Waals surface area contributed by atoms with Gasteiger partial charge in [-0.05, 0) is 44.8 Å². The number of rotatable bonds is 7. The zero-order valence-corrected chi connectivity index (χ0v) is 16.7. The second-order valence-electron chi connectivity index (χ2n) is 6.66. The summed E-state index contributed by atoms with van der Waals surface area (Å²) in [4.78, 5) is 2.08. The Bertz CT molecular complexity index is 819.